The van der Waals surface area contributed by atoms with Crippen LogP contribution in [0.3, 0.4) is 0 Å². The SMILES string of the molecule is CC1CCCC(NS(=O)(=O)c2ccccc2C(N)=S)C1. The van der Waals surface area contributed by atoms with Gasteiger partial charge in [-0.25, -0.2) is 13.1 Å². The van der Waals surface area contributed by atoms with Crippen molar-refractivity contribution in [2.24, 2.45) is 11.7 Å². The van der Waals surface area contributed by atoms with E-state index in [1.54, 1.807) is 24.3 Å². The van der Waals surface area contributed by atoms with Crippen molar-refractivity contribution < 1.29 is 8.42 Å². The molecule has 1 aromatic carbocycles. The van der Waals surface area contributed by atoms with Crippen LogP contribution in [0.25, 0.3) is 0 Å². The van der Waals surface area contributed by atoms with Crippen LogP contribution in [-0.4, -0.2) is 19.4 Å². The Balaban J connectivity index is 2.24. The molecule has 3 N–H and O–H groups in total. The second-order valence-electron chi connectivity index (χ2n) is 5.45. The zero-order valence-electron chi connectivity index (χ0n) is 11.5. The summed E-state index contributed by atoms with van der Waals surface area (Å²) in [7, 11) is -3.58. The summed E-state index contributed by atoms with van der Waals surface area (Å²) in [6.07, 6.45) is 4.00. The normalized spacial score (nSPS) is 23.4. The summed E-state index contributed by atoms with van der Waals surface area (Å²) in [5.41, 5.74) is 6.01. The summed E-state index contributed by atoms with van der Waals surface area (Å²) in [5.74, 6) is 0.558. The minimum absolute atomic E-state index is 0.00292. The van der Waals surface area contributed by atoms with E-state index in [9.17, 15) is 8.42 Å². The fourth-order valence-electron chi connectivity index (χ4n) is 2.73. The first kappa shape index (κ1) is 15.4. The van der Waals surface area contributed by atoms with Crippen LogP contribution in [0.15, 0.2) is 29.2 Å². The molecule has 0 spiro atoms. The predicted molar refractivity (Wildman–Crippen MR) is 84.1 cm³/mol. The van der Waals surface area contributed by atoms with Crippen molar-refractivity contribution >= 4 is 27.2 Å². The van der Waals surface area contributed by atoms with Crippen LogP contribution in [0, 0.1) is 5.92 Å². The van der Waals surface area contributed by atoms with Gasteiger partial charge in [0.25, 0.3) is 0 Å². The van der Waals surface area contributed by atoms with Crippen molar-refractivity contribution in [2.75, 3.05) is 0 Å². The zero-order valence-corrected chi connectivity index (χ0v) is 13.1. The lowest BCUT2D eigenvalue weighted by atomic mass is 9.88. The Hall–Kier alpha value is -0.980. The molecule has 1 aromatic rings. The van der Waals surface area contributed by atoms with Gasteiger partial charge in [0.1, 0.15) is 4.99 Å². The largest absolute Gasteiger partial charge is 0.389 e. The number of rotatable bonds is 4. The second-order valence-corrected chi connectivity index (χ2v) is 7.57. The van der Waals surface area contributed by atoms with Gasteiger partial charge in [0.05, 0.1) is 4.90 Å². The van der Waals surface area contributed by atoms with Crippen LogP contribution in [0.4, 0.5) is 0 Å². The van der Waals surface area contributed by atoms with E-state index in [-0.39, 0.29) is 15.9 Å². The second kappa shape index (κ2) is 6.20. The highest BCUT2D eigenvalue weighted by Gasteiger charge is 2.26. The van der Waals surface area contributed by atoms with Gasteiger partial charge in [-0.05, 0) is 24.8 Å². The molecule has 6 heteroatoms. The topological polar surface area (TPSA) is 72.2 Å². The van der Waals surface area contributed by atoms with Crippen molar-refractivity contribution in [3.8, 4) is 0 Å². The molecule has 0 aliphatic heterocycles. The molecule has 0 saturated heterocycles. The summed E-state index contributed by atoms with van der Waals surface area (Å²) in [4.78, 5) is 0.272. The van der Waals surface area contributed by atoms with Gasteiger partial charge in [0.2, 0.25) is 10.0 Å². The molecule has 0 bridgehead atoms. The van der Waals surface area contributed by atoms with E-state index >= 15 is 0 Å². The summed E-state index contributed by atoms with van der Waals surface area (Å²) in [6.45, 7) is 2.16. The molecule has 1 aliphatic carbocycles. The summed E-state index contributed by atoms with van der Waals surface area (Å²) in [6, 6.07) is 6.60. The van der Waals surface area contributed by atoms with Crippen molar-refractivity contribution in [2.45, 2.75) is 43.5 Å². The van der Waals surface area contributed by atoms with Crippen LogP contribution in [0.5, 0.6) is 0 Å². The fraction of sp³-hybridized carbons (Fsp3) is 0.500. The number of hydrogen-bond acceptors (Lipinski definition) is 3. The first-order valence-electron chi connectivity index (χ1n) is 6.81. The first-order chi connectivity index (χ1) is 9.40. The molecular formula is C14H20N2O2S2. The van der Waals surface area contributed by atoms with Crippen molar-refractivity contribution in [3.63, 3.8) is 0 Å². The van der Waals surface area contributed by atoms with Crippen LogP contribution in [0.1, 0.15) is 38.2 Å². The number of nitrogens with two attached hydrogens (primary N) is 1. The minimum atomic E-state index is -3.58. The maximum absolute atomic E-state index is 12.5. The predicted octanol–water partition coefficient (Wildman–Crippen LogP) is 2.18. The van der Waals surface area contributed by atoms with Gasteiger partial charge in [-0.2, -0.15) is 0 Å². The average Bonchev–Trinajstić information content (AvgIpc) is 2.38. The standard InChI is InChI=1S/C14H20N2O2S2/c1-10-5-4-6-11(9-10)16-20(17,18)13-8-3-2-7-12(13)14(15)19/h2-3,7-8,10-11,16H,4-6,9H2,1H3,(H2,15,19). The van der Waals surface area contributed by atoms with Gasteiger partial charge in [-0.3, -0.25) is 0 Å². The number of thiocarbonyl (C=S) groups is 1. The lowest BCUT2D eigenvalue weighted by molar-refractivity contribution is 0.327. The molecule has 4 nitrogen and oxygen atoms in total. The maximum atomic E-state index is 12.5. The first-order valence-corrected chi connectivity index (χ1v) is 8.70. The third kappa shape index (κ3) is 3.56. The highest BCUT2D eigenvalue weighted by atomic mass is 32.2. The Labute approximate surface area is 125 Å². The van der Waals surface area contributed by atoms with Crippen molar-refractivity contribution in [1.29, 1.82) is 0 Å². The average molecular weight is 312 g/mol. The Morgan fingerprint density at radius 1 is 1.35 bits per heavy atom. The van der Waals surface area contributed by atoms with Gasteiger partial charge < -0.3 is 5.73 Å². The summed E-state index contributed by atoms with van der Waals surface area (Å²) in [5, 5.41) is 0. The van der Waals surface area contributed by atoms with E-state index in [0.29, 0.717) is 11.5 Å². The number of benzene rings is 1. The Bertz CT molecular complexity index is 599. The number of hydrogen-bond donors (Lipinski definition) is 2. The zero-order chi connectivity index (χ0) is 14.8. The van der Waals surface area contributed by atoms with Crippen LogP contribution in [0.2, 0.25) is 0 Å². The van der Waals surface area contributed by atoms with Gasteiger partial charge >= 0.3 is 0 Å². The molecule has 1 aliphatic rings. The van der Waals surface area contributed by atoms with E-state index in [4.69, 9.17) is 18.0 Å². The van der Waals surface area contributed by atoms with E-state index in [2.05, 4.69) is 11.6 Å². The third-order valence-corrected chi connectivity index (χ3v) is 5.50. The maximum Gasteiger partial charge on any atom is 0.241 e. The lowest BCUT2D eigenvalue weighted by Gasteiger charge is -2.27. The van der Waals surface area contributed by atoms with E-state index in [0.717, 1.165) is 19.3 Å². The quantitative estimate of drug-likeness (QED) is 0.836. The van der Waals surface area contributed by atoms with Crippen LogP contribution >= 0.6 is 12.2 Å². The van der Waals surface area contributed by atoms with Gasteiger partial charge in [-0.1, -0.05) is 50.2 Å². The van der Waals surface area contributed by atoms with E-state index in [1.807, 2.05) is 0 Å². The van der Waals surface area contributed by atoms with Crippen LogP contribution < -0.4 is 10.5 Å². The highest BCUT2D eigenvalue weighted by Crippen LogP contribution is 2.25. The minimum Gasteiger partial charge on any atom is -0.389 e. The van der Waals surface area contributed by atoms with E-state index in [1.165, 1.54) is 6.42 Å². The lowest BCUT2D eigenvalue weighted by Crippen LogP contribution is -2.38. The molecule has 0 radical (unpaired) electrons. The number of nitrogens with one attached hydrogen (secondary N) is 1. The van der Waals surface area contributed by atoms with Gasteiger partial charge in [0, 0.05) is 11.6 Å². The molecule has 2 atom stereocenters. The Kier molecular flexibility index (Phi) is 4.78. The molecule has 1 fully saturated rings. The van der Waals surface area contributed by atoms with Gasteiger partial charge in [0.15, 0.2) is 0 Å². The number of sulfonamides is 1. The van der Waals surface area contributed by atoms with Crippen LogP contribution in [-0.2, 0) is 10.0 Å². The molecule has 0 heterocycles. The Morgan fingerprint density at radius 2 is 2.05 bits per heavy atom. The molecule has 2 rings (SSSR count). The summed E-state index contributed by atoms with van der Waals surface area (Å²) >= 11 is 4.93. The van der Waals surface area contributed by atoms with E-state index < -0.39 is 10.0 Å². The van der Waals surface area contributed by atoms with Gasteiger partial charge in [-0.15, -0.1) is 0 Å². The third-order valence-electron chi connectivity index (χ3n) is 3.70. The van der Waals surface area contributed by atoms with Crippen molar-refractivity contribution in [3.05, 3.63) is 29.8 Å². The Morgan fingerprint density at radius 3 is 2.70 bits per heavy atom. The molecule has 110 valence electrons. The highest BCUT2D eigenvalue weighted by molar-refractivity contribution is 7.89. The smallest absolute Gasteiger partial charge is 0.241 e. The molecule has 1 saturated carbocycles. The molecule has 20 heavy (non-hydrogen) atoms. The fourth-order valence-corrected chi connectivity index (χ4v) is 4.48. The summed E-state index contributed by atoms with van der Waals surface area (Å²) < 4.78 is 27.8. The molecule has 0 aromatic heterocycles. The molecule has 0 amide bonds. The molecule has 2 unspecified atom stereocenters. The van der Waals surface area contributed by atoms with Crippen molar-refractivity contribution in [1.82, 2.24) is 4.72 Å². The monoisotopic (exact) mass is 312 g/mol. The molecular weight excluding hydrogens is 292 g/mol.